The van der Waals surface area contributed by atoms with Crippen molar-refractivity contribution in [2.75, 3.05) is 0 Å². The van der Waals surface area contributed by atoms with Crippen molar-refractivity contribution in [2.24, 2.45) is 0 Å². The van der Waals surface area contributed by atoms with Gasteiger partial charge in [-0.25, -0.2) is 5.43 Å². The van der Waals surface area contributed by atoms with Crippen LogP contribution in [0, 0.1) is 0 Å². The second kappa shape index (κ2) is 5.66. The Kier molecular flexibility index (Phi) is 3.73. The maximum absolute atomic E-state index is 12.1. The van der Waals surface area contributed by atoms with Gasteiger partial charge < -0.3 is 4.42 Å². The number of carbonyl (C=O) groups excluding carboxylic acids is 1. The number of furan rings is 1. The summed E-state index contributed by atoms with van der Waals surface area (Å²) in [5.41, 5.74) is 5.43. The molecule has 0 bridgehead atoms. The van der Waals surface area contributed by atoms with Gasteiger partial charge in [-0.3, -0.25) is 10.2 Å². The van der Waals surface area contributed by atoms with Crippen LogP contribution in [-0.4, -0.2) is 5.91 Å². The molecule has 0 saturated heterocycles. The largest absolute Gasteiger partial charge is 0.468 e. The Morgan fingerprint density at radius 2 is 2.10 bits per heavy atom. The summed E-state index contributed by atoms with van der Waals surface area (Å²) in [4.78, 5) is 12.6. The van der Waals surface area contributed by atoms with Crippen LogP contribution in [0.15, 0.2) is 47.1 Å². The highest BCUT2D eigenvalue weighted by Crippen LogP contribution is 2.34. The topological polar surface area (TPSA) is 54.3 Å². The van der Waals surface area contributed by atoms with Crippen LogP contribution in [0.2, 0.25) is 5.02 Å². The van der Waals surface area contributed by atoms with E-state index < -0.39 is 0 Å². The molecule has 0 unspecified atom stereocenters. The van der Waals surface area contributed by atoms with Crippen LogP contribution in [0.5, 0.6) is 0 Å². The fourth-order valence-corrected chi connectivity index (χ4v) is 3.25. The zero-order valence-corrected chi connectivity index (χ0v) is 11.9. The van der Waals surface area contributed by atoms with Crippen molar-refractivity contribution in [3.63, 3.8) is 0 Å². The molecule has 2 aromatic heterocycles. The number of benzene rings is 1. The lowest BCUT2D eigenvalue weighted by Crippen LogP contribution is -2.36. The highest BCUT2D eigenvalue weighted by Gasteiger charge is 2.16. The number of nitrogens with one attached hydrogen (secondary N) is 2. The Morgan fingerprint density at radius 1 is 1.25 bits per heavy atom. The molecule has 0 aliphatic heterocycles. The fraction of sp³-hybridized carbons (Fsp3) is 0.0714. The molecule has 0 aliphatic carbocycles. The van der Waals surface area contributed by atoms with E-state index in [-0.39, 0.29) is 5.91 Å². The highest BCUT2D eigenvalue weighted by molar-refractivity contribution is 7.21. The van der Waals surface area contributed by atoms with E-state index in [1.54, 1.807) is 12.3 Å². The Labute approximate surface area is 124 Å². The molecule has 1 amide bonds. The molecule has 1 aromatic carbocycles. The van der Waals surface area contributed by atoms with Gasteiger partial charge in [-0.2, -0.15) is 0 Å². The molecule has 3 aromatic rings. The summed E-state index contributed by atoms with van der Waals surface area (Å²) in [6.07, 6.45) is 1.59. The number of hydrogen-bond acceptors (Lipinski definition) is 4. The van der Waals surface area contributed by atoms with E-state index >= 15 is 0 Å². The lowest BCUT2D eigenvalue weighted by Gasteiger charge is -2.04. The summed E-state index contributed by atoms with van der Waals surface area (Å²) in [6.45, 7) is 0.418. The van der Waals surface area contributed by atoms with E-state index in [1.165, 1.54) is 11.3 Å². The van der Waals surface area contributed by atoms with Crippen LogP contribution in [0.25, 0.3) is 10.1 Å². The number of thiophene rings is 1. The minimum atomic E-state index is -0.247. The van der Waals surface area contributed by atoms with Gasteiger partial charge in [0.2, 0.25) is 0 Å². The zero-order valence-electron chi connectivity index (χ0n) is 10.4. The van der Waals surface area contributed by atoms with Crippen molar-refractivity contribution in [1.29, 1.82) is 0 Å². The van der Waals surface area contributed by atoms with Gasteiger partial charge in [0.05, 0.1) is 17.8 Å². The molecule has 0 atom stereocenters. The maximum Gasteiger partial charge on any atom is 0.277 e. The number of hydrogen-bond donors (Lipinski definition) is 2. The van der Waals surface area contributed by atoms with Crippen molar-refractivity contribution >= 4 is 38.9 Å². The average molecular weight is 307 g/mol. The van der Waals surface area contributed by atoms with Gasteiger partial charge in [-0.1, -0.05) is 29.8 Å². The number of fused-ring (bicyclic) bond motifs is 1. The summed E-state index contributed by atoms with van der Waals surface area (Å²) in [5, 5.41) is 1.39. The molecule has 0 spiro atoms. The van der Waals surface area contributed by atoms with Crippen LogP contribution >= 0.6 is 22.9 Å². The van der Waals surface area contributed by atoms with Crippen LogP contribution in [0.3, 0.4) is 0 Å². The molecule has 0 saturated carbocycles. The Hall–Kier alpha value is -1.82. The normalized spacial score (nSPS) is 10.8. The monoisotopic (exact) mass is 306 g/mol. The minimum Gasteiger partial charge on any atom is -0.468 e. The maximum atomic E-state index is 12.1. The van der Waals surface area contributed by atoms with Crippen LogP contribution in [0.1, 0.15) is 15.4 Å². The molecule has 0 radical (unpaired) electrons. The fourth-order valence-electron chi connectivity index (χ4n) is 1.84. The quantitative estimate of drug-likeness (QED) is 0.724. The van der Waals surface area contributed by atoms with Crippen molar-refractivity contribution < 1.29 is 9.21 Å². The zero-order chi connectivity index (χ0) is 13.9. The van der Waals surface area contributed by atoms with E-state index in [0.29, 0.717) is 16.4 Å². The Balaban J connectivity index is 1.71. The second-order valence-electron chi connectivity index (χ2n) is 4.13. The summed E-state index contributed by atoms with van der Waals surface area (Å²) in [5.74, 6) is 0.496. The third-order valence-electron chi connectivity index (χ3n) is 2.79. The van der Waals surface area contributed by atoms with Crippen LogP contribution in [0.4, 0.5) is 0 Å². The summed E-state index contributed by atoms with van der Waals surface area (Å²) < 4.78 is 6.15. The van der Waals surface area contributed by atoms with Gasteiger partial charge in [0, 0.05) is 10.1 Å². The molecule has 6 heteroatoms. The molecule has 4 nitrogen and oxygen atoms in total. The van der Waals surface area contributed by atoms with E-state index in [0.717, 1.165) is 15.8 Å². The first-order chi connectivity index (χ1) is 9.75. The Bertz CT molecular complexity index is 737. The number of amides is 1. The lowest BCUT2D eigenvalue weighted by atomic mass is 10.2. The second-order valence-corrected chi connectivity index (χ2v) is 5.56. The molecule has 2 N–H and O–H groups in total. The SMILES string of the molecule is O=C(NNCc1ccco1)c1sc2ccccc2c1Cl. The van der Waals surface area contributed by atoms with Crippen molar-refractivity contribution in [1.82, 2.24) is 10.9 Å². The number of halogens is 1. The van der Waals surface area contributed by atoms with E-state index in [1.807, 2.05) is 30.3 Å². The van der Waals surface area contributed by atoms with E-state index in [4.69, 9.17) is 16.0 Å². The van der Waals surface area contributed by atoms with Gasteiger partial charge in [-0.05, 0) is 18.2 Å². The lowest BCUT2D eigenvalue weighted by molar-refractivity contribution is 0.0935. The predicted molar refractivity (Wildman–Crippen MR) is 79.8 cm³/mol. The molecule has 0 aliphatic rings. The number of carbonyl (C=O) groups is 1. The smallest absolute Gasteiger partial charge is 0.277 e. The van der Waals surface area contributed by atoms with Gasteiger partial charge in [0.25, 0.3) is 5.91 Å². The van der Waals surface area contributed by atoms with Gasteiger partial charge in [0.1, 0.15) is 10.6 Å². The molecular weight excluding hydrogens is 296 g/mol. The molecule has 102 valence electrons. The number of rotatable bonds is 4. The standard InChI is InChI=1S/C14H11ClN2O2S/c15-12-10-5-1-2-6-11(10)20-13(12)14(18)17-16-8-9-4-3-7-19-9/h1-7,16H,8H2,(H,17,18). The third-order valence-corrected chi connectivity index (χ3v) is 4.46. The third kappa shape index (κ3) is 2.56. The first-order valence-electron chi connectivity index (χ1n) is 5.98. The predicted octanol–water partition coefficient (Wildman–Crippen LogP) is 3.58. The Morgan fingerprint density at radius 3 is 2.85 bits per heavy atom. The summed E-state index contributed by atoms with van der Waals surface area (Å²) in [6, 6.07) is 11.3. The highest BCUT2D eigenvalue weighted by atomic mass is 35.5. The summed E-state index contributed by atoms with van der Waals surface area (Å²) >= 11 is 7.61. The first-order valence-corrected chi connectivity index (χ1v) is 7.18. The van der Waals surface area contributed by atoms with E-state index in [2.05, 4.69) is 10.9 Å². The molecule has 0 fully saturated rings. The van der Waals surface area contributed by atoms with Crippen LogP contribution in [-0.2, 0) is 6.54 Å². The van der Waals surface area contributed by atoms with Gasteiger partial charge >= 0.3 is 0 Å². The van der Waals surface area contributed by atoms with E-state index in [9.17, 15) is 4.79 Å². The van der Waals surface area contributed by atoms with Crippen molar-refractivity contribution in [3.05, 3.63) is 58.3 Å². The number of hydrazine groups is 1. The minimum absolute atomic E-state index is 0.247. The van der Waals surface area contributed by atoms with Crippen molar-refractivity contribution in [2.45, 2.75) is 6.54 Å². The summed E-state index contributed by atoms with van der Waals surface area (Å²) in [7, 11) is 0. The van der Waals surface area contributed by atoms with Gasteiger partial charge in [0.15, 0.2) is 0 Å². The van der Waals surface area contributed by atoms with Gasteiger partial charge in [-0.15, -0.1) is 11.3 Å². The molecule has 3 rings (SSSR count). The van der Waals surface area contributed by atoms with Crippen molar-refractivity contribution in [3.8, 4) is 0 Å². The average Bonchev–Trinajstić information content (AvgIpc) is 3.08. The first kappa shape index (κ1) is 13.2. The molecule has 20 heavy (non-hydrogen) atoms. The van der Waals surface area contributed by atoms with Crippen LogP contribution < -0.4 is 10.9 Å². The molecule has 2 heterocycles. The molecular formula is C14H11ClN2O2S.